The Hall–Kier alpha value is -0.320. The third-order valence-electron chi connectivity index (χ3n) is 3.93. The predicted molar refractivity (Wildman–Crippen MR) is 70.9 cm³/mol. The van der Waals surface area contributed by atoms with Gasteiger partial charge in [-0.3, -0.25) is 0 Å². The van der Waals surface area contributed by atoms with Crippen molar-refractivity contribution in [2.24, 2.45) is 5.41 Å². The summed E-state index contributed by atoms with van der Waals surface area (Å²) in [5.41, 5.74) is 0.187. The molecule has 0 aromatic carbocycles. The first-order chi connectivity index (χ1) is 7.95. The standard InChI is InChI=1S/C13H20BrNO2/c1-8(9-5-6-12(14)17-9)15-10-7-11(16-4)13(10,2)3/h5-6,8,10-11,15H,7H2,1-4H3. The Morgan fingerprint density at radius 3 is 2.71 bits per heavy atom. The zero-order valence-corrected chi connectivity index (χ0v) is 12.4. The van der Waals surface area contributed by atoms with Crippen LogP contribution in [-0.4, -0.2) is 19.3 Å². The molecule has 1 fully saturated rings. The number of ether oxygens (including phenoxy) is 1. The van der Waals surface area contributed by atoms with E-state index in [4.69, 9.17) is 9.15 Å². The van der Waals surface area contributed by atoms with E-state index in [9.17, 15) is 0 Å². The van der Waals surface area contributed by atoms with E-state index >= 15 is 0 Å². The molecule has 1 aliphatic rings. The van der Waals surface area contributed by atoms with E-state index in [1.165, 1.54) is 0 Å². The highest BCUT2D eigenvalue weighted by atomic mass is 79.9. The van der Waals surface area contributed by atoms with Gasteiger partial charge in [-0.15, -0.1) is 0 Å². The first-order valence-electron chi connectivity index (χ1n) is 5.99. The zero-order valence-electron chi connectivity index (χ0n) is 10.8. The van der Waals surface area contributed by atoms with Crippen LogP contribution in [0.4, 0.5) is 0 Å². The molecule has 1 saturated carbocycles. The minimum absolute atomic E-state index is 0.187. The fraction of sp³-hybridized carbons (Fsp3) is 0.692. The quantitative estimate of drug-likeness (QED) is 0.924. The number of nitrogens with one attached hydrogen (secondary N) is 1. The van der Waals surface area contributed by atoms with Gasteiger partial charge < -0.3 is 14.5 Å². The second-order valence-electron chi connectivity index (χ2n) is 5.36. The second-order valence-corrected chi connectivity index (χ2v) is 6.15. The van der Waals surface area contributed by atoms with Crippen molar-refractivity contribution in [3.63, 3.8) is 0 Å². The molecule has 0 saturated heterocycles. The lowest BCUT2D eigenvalue weighted by atomic mass is 9.64. The molecule has 1 heterocycles. The molecule has 4 heteroatoms. The zero-order chi connectivity index (χ0) is 12.6. The van der Waals surface area contributed by atoms with Crippen LogP contribution in [0, 0.1) is 5.41 Å². The maximum atomic E-state index is 5.56. The average Bonchev–Trinajstić information content (AvgIpc) is 2.70. The molecule has 1 aromatic rings. The normalized spacial score (nSPS) is 28.8. The van der Waals surface area contributed by atoms with Gasteiger partial charge >= 0.3 is 0 Å². The van der Waals surface area contributed by atoms with Crippen LogP contribution in [0.1, 0.15) is 39.0 Å². The number of halogens is 1. The van der Waals surface area contributed by atoms with Crippen LogP contribution < -0.4 is 5.32 Å². The molecule has 0 radical (unpaired) electrons. The van der Waals surface area contributed by atoms with Crippen LogP contribution in [0.2, 0.25) is 0 Å². The molecule has 17 heavy (non-hydrogen) atoms. The Morgan fingerprint density at radius 2 is 2.24 bits per heavy atom. The summed E-state index contributed by atoms with van der Waals surface area (Å²) in [4.78, 5) is 0. The van der Waals surface area contributed by atoms with Crippen molar-refractivity contribution in [2.45, 2.75) is 45.4 Å². The summed E-state index contributed by atoms with van der Waals surface area (Å²) >= 11 is 3.33. The molecule has 0 spiro atoms. The molecule has 0 amide bonds. The molecule has 1 aliphatic carbocycles. The third-order valence-corrected chi connectivity index (χ3v) is 4.36. The van der Waals surface area contributed by atoms with Gasteiger partial charge in [0.2, 0.25) is 0 Å². The Bertz CT molecular complexity index is 389. The van der Waals surface area contributed by atoms with Gasteiger partial charge in [-0.2, -0.15) is 0 Å². The second kappa shape index (κ2) is 4.75. The van der Waals surface area contributed by atoms with E-state index in [0.29, 0.717) is 12.1 Å². The Balaban J connectivity index is 1.95. The molecule has 0 aliphatic heterocycles. The van der Waals surface area contributed by atoms with Gasteiger partial charge in [-0.05, 0) is 41.4 Å². The summed E-state index contributed by atoms with van der Waals surface area (Å²) in [5.74, 6) is 0.966. The molecule has 0 bridgehead atoms. The lowest BCUT2D eigenvalue weighted by molar-refractivity contribution is -0.100. The highest BCUT2D eigenvalue weighted by Crippen LogP contribution is 2.43. The number of rotatable bonds is 4. The molecule has 3 atom stereocenters. The molecular formula is C13H20BrNO2. The van der Waals surface area contributed by atoms with E-state index in [0.717, 1.165) is 16.9 Å². The van der Waals surface area contributed by atoms with Gasteiger partial charge in [0.1, 0.15) is 5.76 Å². The summed E-state index contributed by atoms with van der Waals surface area (Å²) in [7, 11) is 1.79. The van der Waals surface area contributed by atoms with Gasteiger partial charge in [-0.25, -0.2) is 0 Å². The van der Waals surface area contributed by atoms with Crippen molar-refractivity contribution in [1.82, 2.24) is 5.32 Å². The van der Waals surface area contributed by atoms with Crippen LogP contribution in [0.3, 0.4) is 0 Å². The number of hydrogen-bond acceptors (Lipinski definition) is 3. The molecule has 3 nitrogen and oxygen atoms in total. The minimum atomic E-state index is 0.187. The van der Waals surface area contributed by atoms with Crippen LogP contribution in [0.5, 0.6) is 0 Å². The number of methoxy groups -OCH3 is 1. The first kappa shape index (κ1) is 13.1. The number of hydrogen-bond donors (Lipinski definition) is 1. The molecule has 2 rings (SSSR count). The predicted octanol–water partition coefficient (Wildman–Crippen LogP) is 3.51. The SMILES string of the molecule is COC1CC(NC(C)c2ccc(Br)o2)C1(C)C. The van der Waals surface area contributed by atoms with Crippen molar-refractivity contribution in [3.8, 4) is 0 Å². The maximum absolute atomic E-state index is 5.56. The van der Waals surface area contributed by atoms with Crippen LogP contribution in [-0.2, 0) is 4.74 Å². The highest BCUT2D eigenvalue weighted by Gasteiger charge is 2.48. The summed E-state index contributed by atoms with van der Waals surface area (Å²) in [6.07, 6.45) is 1.42. The smallest absolute Gasteiger partial charge is 0.169 e. The number of furan rings is 1. The summed E-state index contributed by atoms with van der Waals surface area (Å²) in [6.45, 7) is 6.61. The average molecular weight is 302 g/mol. The largest absolute Gasteiger partial charge is 0.453 e. The van der Waals surface area contributed by atoms with Gasteiger partial charge in [0.15, 0.2) is 4.67 Å². The third kappa shape index (κ3) is 2.44. The van der Waals surface area contributed by atoms with Crippen molar-refractivity contribution in [3.05, 3.63) is 22.6 Å². The fourth-order valence-electron chi connectivity index (χ4n) is 2.51. The molecule has 1 N–H and O–H groups in total. The summed E-state index contributed by atoms with van der Waals surface area (Å²) in [5, 5.41) is 3.61. The topological polar surface area (TPSA) is 34.4 Å². The Morgan fingerprint density at radius 1 is 1.53 bits per heavy atom. The lowest BCUT2D eigenvalue weighted by Gasteiger charge is -2.52. The van der Waals surface area contributed by atoms with E-state index < -0.39 is 0 Å². The van der Waals surface area contributed by atoms with Gasteiger partial charge in [-0.1, -0.05) is 13.8 Å². The van der Waals surface area contributed by atoms with Gasteiger partial charge in [0, 0.05) is 18.6 Å². The van der Waals surface area contributed by atoms with Crippen molar-refractivity contribution in [2.75, 3.05) is 7.11 Å². The van der Waals surface area contributed by atoms with Crippen LogP contribution >= 0.6 is 15.9 Å². The van der Waals surface area contributed by atoms with E-state index in [-0.39, 0.29) is 11.5 Å². The Labute approximate surface area is 111 Å². The Kier molecular flexibility index (Phi) is 3.66. The first-order valence-corrected chi connectivity index (χ1v) is 6.78. The van der Waals surface area contributed by atoms with Crippen molar-refractivity contribution in [1.29, 1.82) is 0 Å². The summed E-state index contributed by atoms with van der Waals surface area (Å²) in [6, 6.07) is 4.63. The van der Waals surface area contributed by atoms with E-state index in [2.05, 4.69) is 42.0 Å². The minimum Gasteiger partial charge on any atom is -0.453 e. The monoisotopic (exact) mass is 301 g/mol. The molecule has 1 aromatic heterocycles. The van der Waals surface area contributed by atoms with Crippen LogP contribution in [0.25, 0.3) is 0 Å². The molecule has 96 valence electrons. The molecular weight excluding hydrogens is 282 g/mol. The van der Waals surface area contributed by atoms with Gasteiger partial charge in [0.05, 0.1) is 12.1 Å². The molecule has 3 unspecified atom stereocenters. The maximum Gasteiger partial charge on any atom is 0.169 e. The lowest BCUT2D eigenvalue weighted by Crippen LogP contribution is -2.60. The summed E-state index contributed by atoms with van der Waals surface area (Å²) < 4.78 is 11.8. The van der Waals surface area contributed by atoms with E-state index in [1.54, 1.807) is 7.11 Å². The fourth-order valence-corrected chi connectivity index (χ4v) is 2.83. The van der Waals surface area contributed by atoms with Crippen molar-refractivity contribution < 1.29 is 9.15 Å². The van der Waals surface area contributed by atoms with Crippen LogP contribution in [0.15, 0.2) is 21.2 Å². The highest BCUT2D eigenvalue weighted by molar-refractivity contribution is 9.10. The van der Waals surface area contributed by atoms with Gasteiger partial charge in [0.25, 0.3) is 0 Å². The van der Waals surface area contributed by atoms with E-state index in [1.807, 2.05) is 12.1 Å². The van der Waals surface area contributed by atoms with Crippen molar-refractivity contribution >= 4 is 15.9 Å².